The van der Waals surface area contributed by atoms with Gasteiger partial charge in [-0.2, -0.15) is 0 Å². The van der Waals surface area contributed by atoms with Gasteiger partial charge in [0, 0.05) is 5.69 Å². The Kier molecular flexibility index (Phi) is 5.78. The lowest BCUT2D eigenvalue weighted by atomic mass is 10.1. The number of ether oxygens (including phenoxy) is 2. The van der Waals surface area contributed by atoms with Gasteiger partial charge in [0.2, 0.25) is 0 Å². The lowest BCUT2D eigenvalue weighted by Crippen LogP contribution is -2.38. The van der Waals surface area contributed by atoms with Gasteiger partial charge in [-0.1, -0.05) is 24.8 Å². The number of anilines is 1. The van der Waals surface area contributed by atoms with Crippen LogP contribution in [0.3, 0.4) is 0 Å². The molecule has 0 unspecified atom stereocenters. The Labute approximate surface area is 164 Å². The van der Waals surface area contributed by atoms with E-state index in [0.717, 1.165) is 33.5 Å². The van der Waals surface area contributed by atoms with E-state index in [1.807, 2.05) is 54.6 Å². The number of hydrazine groups is 1. The molecule has 0 heterocycles. The van der Waals surface area contributed by atoms with Crippen LogP contribution < -0.4 is 25.6 Å². The van der Waals surface area contributed by atoms with Gasteiger partial charge in [0.15, 0.2) is 5.11 Å². The molecule has 3 N–H and O–H groups in total. The Bertz CT molecular complexity index is 971. The highest BCUT2D eigenvalue weighted by Gasteiger charge is 2.03. The smallest absolute Gasteiger partial charge is 0.189 e. The monoisotopic (exact) mass is 379 g/mol. The second-order valence-electron chi connectivity index (χ2n) is 5.84. The summed E-state index contributed by atoms with van der Waals surface area (Å²) < 4.78 is 10.4. The zero-order valence-electron chi connectivity index (χ0n) is 15.2. The van der Waals surface area contributed by atoms with E-state index in [2.05, 4.69) is 28.8 Å². The number of nitrogens with one attached hydrogen (secondary N) is 3. The molecule has 6 heteroatoms. The zero-order valence-corrected chi connectivity index (χ0v) is 16.0. The van der Waals surface area contributed by atoms with Crippen molar-refractivity contribution in [3.63, 3.8) is 0 Å². The van der Waals surface area contributed by atoms with Crippen LogP contribution in [0.2, 0.25) is 0 Å². The van der Waals surface area contributed by atoms with Crippen LogP contribution in [0.25, 0.3) is 16.5 Å². The van der Waals surface area contributed by atoms with Crippen molar-refractivity contribution in [2.45, 2.75) is 0 Å². The number of thiocarbonyl (C=S) groups is 1. The molecule has 0 bridgehead atoms. The summed E-state index contributed by atoms with van der Waals surface area (Å²) in [4.78, 5) is 0. The standard InChI is InChI=1S/C21H21N3O2S/c1-14(15-4-5-17-13-20(26-3)9-6-16(17)12-15)23-24-21(27)22-18-7-10-19(25-2)11-8-18/h4-13,23H,1H2,2-3H3,(H2,22,24,27). The molecule has 0 amide bonds. The van der Waals surface area contributed by atoms with Crippen molar-refractivity contribution in [1.82, 2.24) is 10.9 Å². The highest BCUT2D eigenvalue weighted by Crippen LogP contribution is 2.23. The Morgan fingerprint density at radius 3 is 2.15 bits per heavy atom. The average molecular weight is 379 g/mol. The normalized spacial score (nSPS) is 10.1. The number of rotatable bonds is 6. The van der Waals surface area contributed by atoms with Crippen molar-refractivity contribution >= 4 is 39.5 Å². The minimum absolute atomic E-state index is 0.437. The molecule has 0 fully saturated rings. The fraction of sp³-hybridized carbons (Fsp3) is 0.0952. The van der Waals surface area contributed by atoms with E-state index in [1.54, 1.807) is 14.2 Å². The SMILES string of the molecule is C=C(NNC(=S)Nc1ccc(OC)cc1)c1ccc2cc(OC)ccc2c1. The average Bonchev–Trinajstić information content (AvgIpc) is 2.71. The Hall–Kier alpha value is -3.25. The van der Waals surface area contributed by atoms with Crippen molar-refractivity contribution in [3.8, 4) is 11.5 Å². The first-order chi connectivity index (χ1) is 13.1. The molecule has 0 aliphatic rings. The van der Waals surface area contributed by atoms with Gasteiger partial charge in [-0.05, 0) is 71.0 Å². The molecule has 5 nitrogen and oxygen atoms in total. The van der Waals surface area contributed by atoms with Crippen LogP contribution in [0.1, 0.15) is 5.56 Å². The van der Waals surface area contributed by atoms with E-state index < -0.39 is 0 Å². The third kappa shape index (κ3) is 4.68. The first-order valence-electron chi connectivity index (χ1n) is 8.33. The third-order valence-corrected chi connectivity index (χ3v) is 4.27. The summed E-state index contributed by atoms with van der Waals surface area (Å²) in [5.41, 5.74) is 8.52. The van der Waals surface area contributed by atoms with E-state index in [4.69, 9.17) is 21.7 Å². The quantitative estimate of drug-likeness (QED) is 0.438. The van der Waals surface area contributed by atoms with Crippen LogP contribution in [0.5, 0.6) is 11.5 Å². The van der Waals surface area contributed by atoms with E-state index in [0.29, 0.717) is 10.8 Å². The van der Waals surface area contributed by atoms with Gasteiger partial charge in [-0.15, -0.1) is 0 Å². The molecule has 0 radical (unpaired) electrons. The molecule has 0 aliphatic carbocycles. The lowest BCUT2D eigenvalue weighted by Gasteiger charge is -2.15. The van der Waals surface area contributed by atoms with E-state index in [-0.39, 0.29) is 0 Å². The summed E-state index contributed by atoms with van der Waals surface area (Å²) >= 11 is 5.30. The van der Waals surface area contributed by atoms with Gasteiger partial charge in [-0.25, -0.2) is 0 Å². The summed E-state index contributed by atoms with van der Waals surface area (Å²) in [5.74, 6) is 1.63. The summed E-state index contributed by atoms with van der Waals surface area (Å²) in [6.45, 7) is 4.06. The van der Waals surface area contributed by atoms with Crippen LogP contribution in [0.4, 0.5) is 5.69 Å². The molecule has 0 aromatic heterocycles. The Morgan fingerprint density at radius 1 is 0.815 bits per heavy atom. The molecular weight excluding hydrogens is 358 g/mol. The molecule has 0 aliphatic heterocycles. The van der Waals surface area contributed by atoms with Crippen molar-refractivity contribution in [2.24, 2.45) is 0 Å². The van der Waals surface area contributed by atoms with Crippen LogP contribution in [-0.2, 0) is 0 Å². The van der Waals surface area contributed by atoms with E-state index in [1.165, 1.54) is 0 Å². The second-order valence-corrected chi connectivity index (χ2v) is 6.25. The highest BCUT2D eigenvalue weighted by molar-refractivity contribution is 7.80. The minimum Gasteiger partial charge on any atom is -0.497 e. The molecule has 3 aromatic carbocycles. The number of fused-ring (bicyclic) bond motifs is 1. The summed E-state index contributed by atoms with van der Waals surface area (Å²) in [7, 11) is 3.29. The molecule has 0 spiro atoms. The Morgan fingerprint density at radius 2 is 1.44 bits per heavy atom. The summed E-state index contributed by atoms with van der Waals surface area (Å²) in [6, 6.07) is 19.6. The van der Waals surface area contributed by atoms with Crippen molar-refractivity contribution in [1.29, 1.82) is 0 Å². The van der Waals surface area contributed by atoms with Gasteiger partial charge in [0.25, 0.3) is 0 Å². The van der Waals surface area contributed by atoms with Gasteiger partial charge >= 0.3 is 0 Å². The second kappa shape index (κ2) is 8.42. The van der Waals surface area contributed by atoms with E-state index in [9.17, 15) is 0 Å². The maximum atomic E-state index is 5.30. The molecule has 3 rings (SSSR count). The Balaban J connectivity index is 1.59. The molecule has 0 atom stereocenters. The van der Waals surface area contributed by atoms with Crippen LogP contribution in [0.15, 0.2) is 67.2 Å². The number of benzene rings is 3. The maximum Gasteiger partial charge on any atom is 0.189 e. The van der Waals surface area contributed by atoms with Crippen molar-refractivity contribution < 1.29 is 9.47 Å². The van der Waals surface area contributed by atoms with Crippen LogP contribution in [-0.4, -0.2) is 19.3 Å². The largest absolute Gasteiger partial charge is 0.497 e. The van der Waals surface area contributed by atoms with Gasteiger partial charge < -0.3 is 14.8 Å². The molecular formula is C21H21N3O2S. The molecule has 138 valence electrons. The van der Waals surface area contributed by atoms with E-state index >= 15 is 0 Å². The predicted molar refractivity (Wildman–Crippen MR) is 115 cm³/mol. The zero-order chi connectivity index (χ0) is 19.2. The fourth-order valence-electron chi connectivity index (χ4n) is 2.58. The van der Waals surface area contributed by atoms with Crippen molar-refractivity contribution in [3.05, 3.63) is 72.8 Å². The maximum absolute atomic E-state index is 5.30. The van der Waals surface area contributed by atoms with Gasteiger partial charge in [0.05, 0.1) is 19.9 Å². The molecule has 27 heavy (non-hydrogen) atoms. The fourth-order valence-corrected chi connectivity index (χ4v) is 2.75. The van der Waals surface area contributed by atoms with Crippen LogP contribution >= 0.6 is 12.2 Å². The highest BCUT2D eigenvalue weighted by atomic mass is 32.1. The summed E-state index contributed by atoms with van der Waals surface area (Å²) in [6.07, 6.45) is 0. The third-order valence-electron chi connectivity index (χ3n) is 4.07. The minimum atomic E-state index is 0.437. The van der Waals surface area contributed by atoms with Crippen LogP contribution in [0, 0.1) is 0 Å². The summed E-state index contributed by atoms with van der Waals surface area (Å²) in [5, 5.41) is 5.74. The molecule has 3 aromatic rings. The van der Waals surface area contributed by atoms with Gasteiger partial charge in [-0.3, -0.25) is 10.9 Å². The lowest BCUT2D eigenvalue weighted by molar-refractivity contribution is 0.415. The number of hydrogen-bond donors (Lipinski definition) is 3. The first-order valence-corrected chi connectivity index (χ1v) is 8.74. The number of hydrogen-bond acceptors (Lipinski definition) is 4. The number of methoxy groups -OCH3 is 2. The molecule has 0 saturated carbocycles. The van der Waals surface area contributed by atoms with Gasteiger partial charge in [0.1, 0.15) is 11.5 Å². The molecule has 0 saturated heterocycles. The topological polar surface area (TPSA) is 54.5 Å². The predicted octanol–water partition coefficient (Wildman–Crippen LogP) is 4.32. The van der Waals surface area contributed by atoms with Crippen molar-refractivity contribution in [2.75, 3.05) is 19.5 Å². The first kappa shape index (κ1) is 18.5.